The summed E-state index contributed by atoms with van der Waals surface area (Å²) in [6.45, 7) is -0.414. The predicted molar refractivity (Wildman–Crippen MR) is 94.9 cm³/mol. The minimum Gasteiger partial charge on any atom is -0.497 e. The number of hydrogen-bond acceptors (Lipinski definition) is 6. The molecule has 0 radical (unpaired) electrons. The standard InChI is InChI=1S/C18H19NO6S/c1-19(2)26(22,23)16-10-6-14(7-11-16)18(21)25-12-17(20)13-4-8-15(24-3)9-5-13/h4-11H,12H2,1-3H3. The molecule has 0 heterocycles. The number of Topliss-reactive ketones (excluding diaryl/α,β-unsaturated/α-hetero) is 1. The van der Waals surface area contributed by atoms with Gasteiger partial charge in [-0.2, -0.15) is 0 Å². The summed E-state index contributed by atoms with van der Waals surface area (Å²) in [5.41, 5.74) is 0.552. The van der Waals surface area contributed by atoms with Crippen molar-refractivity contribution in [3.05, 3.63) is 59.7 Å². The van der Waals surface area contributed by atoms with Crippen LogP contribution in [0.3, 0.4) is 0 Å². The molecule has 0 aliphatic heterocycles. The van der Waals surface area contributed by atoms with Crippen molar-refractivity contribution in [3.63, 3.8) is 0 Å². The summed E-state index contributed by atoms with van der Waals surface area (Å²) in [7, 11) is 0.789. The highest BCUT2D eigenvalue weighted by Gasteiger charge is 2.18. The van der Waals surface area contributed by atoms with Crippen molar-refractivity contribution in [2.45, 2.75) is 4.90 Å². The van der Waals surface area contributed by atoms with Gasteiger partial charge < -0.3 is 9.47 Å². The lowest BCUT2D eigenvalue weighted by molar-refractivity contribution is 0.0474. The van der Waals surface area contributed by atoms with Gasteiger partial charge in [-0.3, -0.25) is 4.79 Å². The third kappa shape index (κ3) is 4.47. The summed E-state index contributed by atoms with van der Waals surface area (Å²) in [6.07, 6.45) is 0. The molecule has 2 rings (SSSR count). The molecule has 8 heteroatoms. The lowest BCUT2D eigenvalue weighted by Crippen LogP contribution is -2.22. The molecule has 0 aromatic heterocycles. The Kier molecular flexibility index (Phi) is 6.12. The van der Waals surface area contributed by atoms with Crippen molar-refractivity contribution in [2.24, 2.45) is 0 Å². The predicted octanol–water partition coefficient (Wildman–Crippen LogP) is 1.99. The molecular weight excluding hydrogens is 358 g/mol. The molecule has 0 saturated carbocycles. The van der Waals surface area contributed by atoms with Gasteiger partial charge in [0.05, 0.1) is 17.6 Å². The zero-order valence-electron chi connectivity index (χ0n) is 14.6. The van der Waals surface area contributed by atoms with Gasteiger partial charge in [0.15, 0.2) is 12.4 Å². The zero-order chi connectivity index (χ0) is 19.3. The van der Waals surface area contributed by atoms with E-state index in [9.17, 15) is 18.0 Å². The molecule has 2 aromatic rings. The first-order valence-electron chi connectivity index (χ1n) is 7.62. The van der Waals surface area contributed by atoms with Crippen LogP contribution in [0.5, 0.6) is 5.75 Å². The van der Waals surface area contributed by atoms with Crippen LogP contribution in [0.4, 0.5) is 0 Å². The molecule has 26 heavy (non-hydrogen) atoms. The van der Waals surface area contributed by atoms with Crippen LogP contribution in [0.15, 0.2) is 53.4 Å². The Hall–Kier alpha value is -2.71. The molecule has 0 amide bonds. The van der Waals surface area contributed by atoms with Crippen molar-refractivity contribution in [1.29, 1.82) is 0 Å². The second kappa shape index (κ2) is 8.11. The fourth-order valence-corrected chi connectivity index (χ4v) is 2.95. The summed E-state index contributed by atoms with van der Waals surface area (Å²) < 4.78 is 35.1. The first-order valence-corrected chi connectivity index (χ1v) is 9.06. The Morgan fingerprint density at radius 1 is 0.923 bits per heavy atom. The van der Waals surface area contributed by atoms with Crippen LogP contribution >= 0.6 is 0 Å². The third-order valence-corrected chi connectivity index (χ3v) is 5.44. The van der Waals surface area contributed by atoms with Gasteiger partial charge in [-0.25, -0.2) is 17.5 Å². The number of rotatable bonds is 7. The van der Waals surface area contributed by atoms with Gasteiger partial charge in [-0.1, -0.05) is 0 Å². The Morgan fingerprint density at radius 3 is 1.96 bits per heavy atom. The Bertz CT molecular complexity index is 886. The van der Waals surface area contributed by atoms with Gasteiger partial charge in [0.25, 0.3) is 0 Å². The molecule has 0 saturated heterocycles. The minimum absolute atomic E-state index is 0.0633. The van der Waals surface area contributed by atoms with E-state index in [4.69, 9.17) is 9.47 Å². The van der Waals surface area contributed by atoms with Crippen LogP contribution < -0.4 is 4.74 Å². The first kappa shape index (κ1) is 19.6. The van der Waals surface area contributed by atoms with Crippen molar-refractivity contribution >= 4 is 21.8 Å². The third-order valence-electron chi connectivity index (χ3n) is 3.61. The summed E-state index contributed by atoms with van der Waals surface area (Å²) in [6, 6.07) is 11.8. The fourth-order valence-electron chi connectivity index (χ4n) is 2.05. The summed E-state index contributed by atoms with van der Waals surface area (Å²) in [5, 5.41) is 0. The van der Waals surface area contributed by atoms with E-state index in [1.54, 1.807) is 24.3 Å². The Balaban J connectivity index is 2.00. The van der Waals surface area contributed by atoms with E-state index in [1.807, 2.05) is 0 Å². The average Bonchev–Trinajstić information content (AvgIpc) is 2.65. The maximum Gasteiger partial charge on any atom is 0.338 e. The summed E-state index contributed by atoms with van der Waals surface area (Å²) >= 11 is 0. The maximum absolute atomic E-state index is 12.0. The van der Waals surface area contributed by atoms with Crippen LogP contribution in [0.25, 0.3) is 0 Å². The second-order valence-electron chi connectivity index (χ2n) is 5.54. The molecule has 0 bridgehead atoms. The van der Waals surface area contributed by atoms with E-state index in [-0.39, 0.29) is 16.2 Å². The maximum atomic E-state index is 12.0. The van der Waals surface area contributed by atoms with E-state index < -0.39 is 22.6 Å². The van der Waals surface area contributed by atoms with Crippen LogP contribution in [0.1, 0.15) is 20.7 Å². The Labute approximate surface area is 152 Å². The Morgan fingerprint density at radius 2 is 1.46 bits per heavy atom. The largest absolute Gasteiger partial charge is 0.497 e. The smallest absolute Gasteiger partial charge is 0.338 e. The van der Waals surface area contributed by atoms with Crippen molar-refractivity contribution < 1.29 is 27.5 Å². The molecule has 7 nitrogen and oxygen atoms in total. The van der Waals surface area contributed by atoms with Gasteiger partial charge in [-0.05, 0) is 48.5 Å². The van der Waals surface area contributed by atoms with Gasteiger partial charge >= 0.3 is 5.97 Å². The lowest BCUT2D eigenvalue weighted by atomic mass is 10.1. The van der Waals surface area contributed by atoms with E-state index in [2.05, 4.69) is 0 Å². The normalized spacial score (nSPS) is 11.2. The van der Waals surface area contributed by atoms with E-state index in [0.29, 0.717) is 11.3 Å². The fraction of sp³-hybridized carbons (Fsp3) is 0.222. The number of esters is 1. The van der Waals surface area contributed by atoms with Crippen LogP contribution in [-0.4, -0.2) is 52.3 Å². The van der Waals surface area contributed by atoms with Crippen molar-refractivity contribution in [2.75, 3.05) is 27.8 Å². The molecule has 138 valence electrons. The monoisotopic (exact) mass is 377 g/mol. The highest BCUT2D eigenvalue weighted by Crippen LogP contribution is 2.15. The highest BCUT2D eigenvalue weighted by molar-refractivity contribution is 7.89. The van der Waals surface area contributed by atoms with E-state index in [1.165, 1.54) is 45.5 Å². The molecule has 0 fully saturated rings. The molecule has 0 aliphatic rings. The van der Waals surface area contributed by atoms with Crippen LogP contribution in [-0.2, 0) is 14.8 Å². The number of nitrogens with zero attached hydrogens (tertiary/aromatic N) is 1. The number of ketones is 1. The SMILES string of the molecule is COc1ccc(C(=O)COC(=O)c2ccc(S(=O)(=O)N(C)C)cc2)cc1. The van der Waals surface area contributed by atoms with Gasteiger partial charge in [-0.15, -0.1) is 0 Å². The zero-order valence-corrected chi connectivity index (χ0v) is 15.4. The highest BCUT2D eigenvalue weighted by atomic mass is 32.2. The molecular formula is C18H19NO6S. The number of methoxy groups -OCH3 is 1. The number of hydrogen-bond donors (Lipinski definition) is 0. The molecule has 0 atom stereocenters. The molecule has 0 N–H and O–H groups in total. The summed E-state index contributed by atoms with van der Waals surface area (Å²) in [5.74, 6) is -0.445. The average molecular weight is 377 g/mol. The number of ether oxygens (including phenoxy) is 2. The van der Waals surface area contributed by atoms with Crippen molar-refractivity contribution in [1.82, 2.24) is 4.31 Å². The first-order chi connectivity index (χ1) is 12.3. The number of sulfonamides is 1. The van der Waals surface area contributed by atoms with Crippen molar-refractivity contribution in [3.8, 4) is 5.75 Å². The molecule has 0 unspecified atom stereocenters. The van der Waals surface area contributed by atoms with Gasteiger partial charge in [0, 0.05) is 19.7 Å². The van der Waals surface area contributed by atoms with Gasteiger partial charge in [0.1, 0.15) is 5.75 Å². The topological polar surface area (TPSA) is 90.0 Å². The molecule has 0 spiro atoms. The lowest BCUT2D eigenvalue weighted by Gasteiger charge is -2.11. The minimum atomic E-state index is -3.57. The van der Waals surface area contributed by atoms with Crippen LogP contribution in [0, 0.1) is 0 Å². The number of carbonyl (C=O) groups is 2. The quantitative estimate of drug-likeness (QED) is 0.541. The van der Waals surface area contributed by atoms with Gasteiger partial charge in [0.2, 0.25) is 10.0 Å². The molecule has 2 aromatic carbocycles. The van der Waals surface area contributed by atoms with E-state index >= 15 is 0 Å². The second-order valence-corrected chi connectivity index (χ2v) is 7.69. The number of benzene rings is 2. The van der Waals surface area contributed by atoms with E-state index in [0.717, 1.165) is 4.31 Å². The summed E-state index contributed by atoms with van der Waals surface area (Å²) in [4.78, 5) is 24.1. The number of carbonyl (C=O) groups excluding carboxylic acids is 2. The molecule has 0 aliphatic carbocycles. The van der Waals surface area contributed by atoms with Crippen LogP contribution in [0.2, 0.25) is 0 Å².